The third-order valence-corrected chi connectivity index (χ3v) is 14.8. The molecule has 254 valence electrons. The first-order valence-electron chi connectivity index (χ1n) is 16.5. The quantitative estimate of drug-likeness (QED) is 0.0871. The van der Waals surface area contributed by atoms with Crippen LogP contribution in [-0.2, 0) is 50.9 Å². The van der Waals surface area contributed by atoms with Crippen LogP contribution >= 0.6 is 0 Å². The molecule has 2 aromatic rings. The summed E-state index contributed by atoms with van der Waals surface area (Å²) in [6.45, 7) is 19.7. The average molecular weight is 655 g/mol. The molecular weight excluding hydrogens is 600 g/mol. The molecular formula is C37H54O8Si. The molecule has 0 spiro atoms. The molecule has 0 radical (unpaired) electrons. The van der Waals surface area contributed by atoms with Crippen molar-refractivity contribution in [3.8, 4) is 0 Å². The molecule has 1 saturated heterocycles. The summed E-state index contributed by atoms with van der Waals surface area (Å²) < 4.78 is 39.1. The Morgan fingerprint density at radius 1 is 0.783 bits per heavy atom. The smallest absolute Gasteiger partial charge is 0.306 e. The topological polar surface area (TPSA) is 89.5 Å². The van der Waals surface area contributed by atoms with Gasteiger partial charge in [-0.1, -0.05) is 108 Å². The maximum atomic E-state index is 13.1. The molecule has 0 saturated carbocycles. The van der Waals surface area contributed by atoms with Crippen LogP contribution in [0.4, 0.5) is 0 Å². The van der Waals surface area contributed by atoms with Crippen LogP contribution < -0.4 is 0 Å². The van der Waals surface area contributed by atoms with E-state index in [1.807, 2.05) is 60.7 Å². The Morgan fingerprint density at radius 3 is 1.78 bits per heavy atom. The summed E-state index contributed by atoms with van der Waals surface area (Å²) in [7, 11) is -2.28. The van der Waals surface area contributed by atoms with E-state index < -0.39 is 45.0 Å². The summed E-state index contributed by atoms with van der Waals surface area (Å²) in [6.07, 6.45) is -2.33. The van der Waals surface area contributed by atoms with Gasteiger partial charge in [0.2, 0.25) is 0 Å². The number of esters is 1. The zero-order chi connectivity index (χ0) is 33.7. The number of rotatable bonds is 19. The van der Waals surface area contributed by atoms with Crippen molar-refractivity contribution in [1.82, 2.24) is 0 Å². The van der Waals surface area contributed by atoms with Gasteiger partial charge in [-0.2, -0.15) is 0 Å². The summed E-state index contributed by atoms with van der Waals surface area (Å²) in [5, 5.41) is 0. The van der Waals surface area contributed by atoms with Crippen molar-refractivity contribution >= 4 is 20.1 Å². The van der Waals surface area contributed by atoms with E-state index in [4.69, 9.17) is 28.1 Å². The predicted molar refractivity (Wildman–Crippen MR) is 182 cm³/mol. The monoisotopic (exact) mass is 654 g/mol. The van der Waals surface area contributed by atoms with Crippen LogP contribution in [0, 0.1) is 0 Å². The minimum absolute atomic E-state index is 0.0568. The molecule has 1 fully saturated rings. The zero-order valence-corrected chi connectivity index (χ0v) is 29.7. The number of ether oxygens (including phenoxy) is 5. The van der Waals surface area contributed by atoms with E-state index in [0.717, 1.165) is 11.1 Å². The van der Waals surface area contributed by atoms with Gasteiger partial charge in [-0.15, -0.1) is 6.58 Å². The Bertz CT molecular complexity index is 1180. The van der Waals surface area contributed by atoms with Crippen LogP contribution in [0.3, 0.4) is 0 Å². The van der Waals surface area contributed by atoms with Gasteiger partial charge >= 0.3 is 5.97 Å². The van der Waals surface area contributed by atoms with Gasteiger partial charge < -0.3 is 32.9 Å². The molecule has 5 atom stereocenters. The summed E-state index contributed by atoms with van der Waals surface area (Å²) in [4.78, 5) is 24.7. The van der Waals surface area contributed by atoms with Crippen LogP contribution in [0.15, 0.2) is 73.3 Å². The summed E-state index contributed by atoms with van der Waals surface area (Å²) in [5.74, 6) is -0.630. The van der Waals surface area contributed by atoms with Gasteiger partial charge in [-0.25, -0.2) is 0 Å². The van der Waals surface area contributed by atoms with Crippen LogP contribution in [-0.4, -0.2) is 64.0 Å². The summed E-state index contributed by atoms with van der Waals surface area (Å²) >= 11 is 0. The Balaban J connectivity index is 2.04. The number of carbonyl (C=O) groups excluding carboxylic acids is 2. The third-order valence-electron chi connectivity index (χ3n) is 8.69. The molecule has 0 aromatic heterocycles. The fourth-order valence-electron chi connectivity index (χ4n) is 6.57. The van der Waals surface area contributed by atoms with Gasteiger partial charge in [0.1, 0.15) is 24.1 Å². The summed E-state index contributed by atoms with van der Waals surface area (Å²) in [5.41, 5.74) is 3.05. The first kappa shape index (κ1) is 37.8. The van der Waals surface area contributed by atoms with Crippen LogP contribution in [0.1, 0.15) is 72.4 Å². The van der Waals surface area contributed by atoms with Gasteiger partial charge in [-0.05, 0) is 34.7 Å². The van der Waals surface area contributed by atoms with Crippen molar-refractivity contribution < 1.29 is 37.7 Å². The Kier molecular flexibility index (Phi) is 15.3. The van der Waals surface area contributed by atoms with E-state index in [1.165, 1.54) is 6.92 Å². The van der Waals surface area contributed by atoms with Crippen molar-refractivity contribution in [2.24, 2.45) is 0 Å². The van der Waals surface area contributed by atoms with Crippen molar-refractivity contribution in [1.29, 1.82) is 0 Å². The lowest BCUT2D eigenvalue weighted by Gasteiger charge is -2.48. The first-order valence-corrected chi connectivity index (χ1v) is 18.6. The molecule has 8 nitrogen and oxygen atoms in total. The molecule has 0 N–H and O–H groups in total. The van der Waals surface area contributed by atoms with Gasteiger partial charge in [0.15, 0.2) is 20.7 Å². The minimum atomic E-state index is -2.28. The van der Waals surface area contributed by atoms with Crippen LogP contribution in [0.2, 0.25) is 16.6 Å². The Morgan fingerprint density at radius 2 is 1.30 bits per heavy atom. The van der Waals surface area contributed by atoms with Crippen LogP contribution in [0.25, 0.3) is 0 Å². The number of ketones is 1. The molecule has 0 aliphatic carbocycles. The van der Waals surface area contributed by atoms with E-state index in [1.54, 1.807) is 6.08 Å². The minimum Gasteiger partial charge on any atom is -0.454 e. The van der Waals surface area contributed by atoms with E-state index in [2.05, 4.69) is 48.1 Å². The van der Waals surface area contributed by atoms with E-state index >= 15 is 0 Å². The molecule has 2 aromatic carbocycles. The number of benzene rings is 2. The molecule has 0 bridgehead atoms. The first-order chi connectivity index (χ1) is 22.0. The molecule has 3 rings (SSSR count). The maximum absolute atomic E-state index is 13.1. The molecule has 0 unspecified atom stereocenters. The van der Waals surface area contributed by atoms with E-state index in [-0.39, 0.29) is 38.4 Å². The highest BCUT2D eigenvalue weighted by Gasteiger charge is 2.52. The fourth-order valence-corrected chi connectivity index (χ4v) is 12.0. The second-order valence-corrected chi connectivity index (χ2v) is 18.4. The molecule has 9 heteroatoms. The second kappa shape index (κ2) is 18.6. The number of hydrogen-bond donors (Lipinski definition) is 0. The van der Waals surface area contributed by atoms with Gasteiger partial charge in [0.25, 0.3) is 0 Å². The van der Waals surface area contributed by atoms with Crippen molar-refractivity contribution in [2.45, 2.75) is 122 Å². The highest BCUT2D eigenvalue weighted by atomic mass is 28.4. The van der Waals surface area contributed by atoms with Gasteiger partial charge in [-0.3, -0.25) is 4.79 Å². The van der Waals surface area contributed by atoms with E-state index in [0.29, 0.717) is 23.2 Å². The van der Waals surface area contributed by atoms with Gasteiger partial charge in [0, 0.05) is 6.42 Å². The highest BCUT2D eigenvalue weighted by Crippen LogP contribution is 2.43. The average Bonchev–Trinajstić information content (AvgIpc) is 3.02. The molecule has 1 heterocycles. The molecule has 0 amide bonds. The number of carbonyl (C=O) groups is 2. The normalized spacial score (nSPS) is 21.9. The lowest BCUT2D eigenvalue weighted by molar-refractivity contribution is -0.316. The number of Topliss-reactive ketones (excluding diaryl/α,β-unsaturated/α-hetero) is 1. The lowest BCUT2D eigenvalue weighted by atomic mass is 9.98. The van der Waals surface area contributed by atoms with Crippen molar-refractivity contribution in [2.75, 3.05) is 13.2 Å². The Hall–Kier alpha value is -2.66. The second-order valence-electron chi connectivity index (χ2n) is 13.0. The predicted octanol–water partition coefficient (Wildman–Crippen LogP) is 7.56. The highest BCUT2D eigenvalue weighted by molar-refractivity contribution is 6.77. The van der Waals surface area contributed by atoms with Crippen LogP contribution in [0.5, 0.6) is 0 Å². The van der Waals surface area contributed by atoms with Crippen molar-refractivity contribution in [3.05, 3.63) is 84.4 Å². The summed E-state index contributed by atoms with van der Waals surface area (Å²) in [6, 6.07) is 19.7. The van der Waals surface area contributed by atoms with Crippen molar-refractivity contribution in [3.63, 3.8) is 0 Å². The SMILES string of the molecule is C=CCO[C@H]1O[C@H](CO[Si](C(C)C)(C(C)C)C(C)C)[C@@H](OCc2ccccc2)[C@H](OCc2ccccc2)[C@@H]1OC(=O)CCC(C)=O. The van der Waals surface area contributed by atoms with E-state index in [9.17, 15) is 9.59 Å². The number of hydrogen-bond acceptors (Lipinski definition) is 8. The fraction of sp³-hybridized carbons (Fsp3) is 0.568. The largest absolute Gasteiger partial charge is 0.454 e. The maximum Gasteiger partial charge on any atom is 0.306 e. The molecule has 1 aliphatic heterocycles. The molecule has 46 heavy (non-hydrogen) atoms. The standard InChI is InChI=1S/C37H54O8Si/c1-9-22-40-37-36(45-33(39)21-20-29(8)38)35(42-24-31-18-14-11-15-19-31)34(41-23-30-16-12-10-13-17-30)32(44-37)25-43-46(26(2)3,27(4)5)28(6)7/h9-19,26-28,32,34-37H,1,20-25H2,2-8H3/t32-,34-,35+,36+,37+/m1/s1. The lowest BCUT2D eigenvalue weighted by Crippen LogP contribution is -2.63. The molecule has 1 aliphatic rings. The Labute approximate surface area is 276 Å². The van der Waals surface area contributed by atoms with Gasteiger partial charge in [0.05, 0.1) is 32.8 Å². The third kappa shape index (κ3) is 10.4. The zero-order valence-electron chi connectivity index (χ0n) is 28.7.